The minimum atomic E-state index is 0.0730. The highest BCUT2D eigenvalue weighted by Gasteiger charge is 2.24. The number of hydrogen-bond donors (Lipinski definition) is 2. The topological polar surface area (TPSA) is 67.2 Å². The Morgan fingerprint density at radius 3 is 3.05 bits per heavy atom. The number of carbonyl (C=O) groups excluding carboxylic acids is 1. The summed E-state index contributed by atoms with van der Waals surface area (Å²) < 4.78 is 5.41. The molecule has 2 N–H and O–H groups in total. The van der Waals surface area contributed by atoms with E-state index in [0.717, 1.165) is 36.3 Å². The lowest BCUT2D eigenvalue weighted by Crippen LogP contribution is -2.40. The van der Waals surface area contributed by atoms with E-state index in [1.807, 2.05) is 31.2 Å². The van der Waals surface area contributed by atoms with Gasteiger partial charge >= 0.3 is 0 Å². The fourth-order valence-electron chi connectivity index (χ4n) is 2.83. The highest BCUT2D eigenvalue weighted by atomic mass is 16.3. The van der Waals surface area contributed by atoms with Gasteiger partial charge in [-0.1, -0.05) is 6.07 Å². The summed E-state index contributed by atoms with van der Waals surface area (Å²) in [5.41, 5.74) is 2.49. The Bertz CT molecular complexity index is 665. The molecule has 0 bridgehead atoms. The van der Waals surface area contributed by atoms with E-state index < -0.39 is 0 Å². The average molecular weight is 299 g/mol. The van der Waals surface area contributed by atoms with Crippen LogP contribution in [0, 0.1) is 12.8 Å². The zero-order valence-electron chi connectivity index (χ0n) is 12.9. The number of aryl methyl sites for hydroxylation is 1. The second-order valence-electron chi connectivity index (χ2n) is 5.94. The Morgan fingerprint density at radius 2 is 2.32 bits per heavy atom. The number of benzene rings is 1. The Balaban J connectivity index is 1.71. The zero-order valence-corrected chi connectivity index (χ0v) is 12.9. The molecule has 1 saturated heterocycles. The summed E-state index contributed by atoms with van der Waals surface area (Å²) in [5, 5.41) is 6.38. The van der Waals surface area contributed by atoms with Gasteiger partial charge in [0, 0.05) is 23.2 Å². The van der Waals surface area contributed by atoms with Gasteiger partial charge in [0.05, 0.1) is 5.69 Å². The van der Waals surface area contributed by atoms with Gasteiger partial charge in [-0.15, -0.1) is 0 Å². The predicted molar refractivity (Wildman–Crippen MR) is 85.5 cm³/mol. The number of piperidine rings is 1. The fraction of sp³-hybridized carbons (Fsp3) is 0.412. The molecule has 5 heteroatoms. The van der Waals surface area contributed by atoms with Crippen LogP contribution in [-0.2, 0) is 4.79 Å². The molecule has 1 fully saturated rings. The molecule has 0 saturated carbocycles. The summed E-state index contributed by atoms with van der Waals surface area (Å²) in [4.78, 5) is 16.7. The fourth-order valence-corrected chi connectivity index (χ4v) is 2.83. The van der Waals surface area contributed by atoms with Gasteiger partial charge < -0.3 is 15.1 Å². The molecule has 0 unspecified atom stereocenters. The Hall–Kier alpha value is -2.14. The summed E-state index contributed by atoms with van der Waals surface area (Å²) >= 11 is 0. The van der Waals surface area contributed by atoms with Crippen LogP contribution in [0.1, 0.15) is 25.5 Å². The quantitative estimate of drug-likeness (QED) is 0.914. The van der Waals surface area contributed by atoms with Crippen molar-refractivity contribution in [3.63, 3.8) is 0 Å². The van der Waals surface area contributed by atoms with Crippen LogP contribution in [0.5, 0.6) is 0 Å². The molecule has 1 aliphatic rings. The van der Waals surface area contributed by atoms with Gasteiger partial charge in [0.15, 0.2) is 0 Å². The number of oxazole rings is 1. The smallest absolute Gasteiger partial charge is 0.227 e. The van der Waals surface area contributed by atoms with Gasteiger partial charge in [0.2, 0.25) is 11.8 Å². The van der Waals surface area contributed by atoms with Crippen molar-refractivity contribution in [1.82, 2.24) is 10.3 Å². The number of rotatable bonds is 3. The third kappa shape index (κ3) is 3.36. The molecular weight excluding hydrogens is 278 g/mol. The lowest BCUT2D eigenvalue weighted by molar-refractivity contribution is -0.120. The molecule has 1 aromatic heterocycles. The van der Waals surface area contributed by atoms with E-state index in [9.17, 15) is 4.79 Å². The lowest BCUT2D eigenvalue weighted by atomic mass is 9.92. The van der Waals surface area contributed by atoms with Crippen molar-refractivity contribution in [2.24, 2.45) is 5.92 Å². The molecule has 0 aliphatic carbocycles. The van der Waals surface area contributed by atoms with Gasteiger partial charge in [-0.05, 0) is 51.4 Å². The molecule has 0 spiro atoms. The number of hydrogen-bond acceptors (Lipinski definition) is 4. The monoisotopic (exact) mass is 299 g/mol. The minimum absolute atomic E-state index is 0.0730. The molecular formula is C17H21N3O2. The number of carbonyl (C=O) groups is 1. The van der Waals surface area contributed by atoms with Crippen molar-refractivity contribution in [1.29, 1.82) is 0 Å². The van der Waals surface area contributed by atoms with Crippen LogP contribution in [0.15, 0.2) is 34.9 Å². The molecule has 1 amide bonds. The van der Waals surface area contributed by atoms with E-state index in [0.29, 0.717) is 11.9 Å². The SMILES string of the molecule is Cc1coc(-c2cccc(NC(=O)[C@H]3CCN[C@@H](C)C3)c2)n1. The number of nitrogens with one attached hydrogen (secondary N) is 2. The minimum Gasteiger partial charge on any atom is -0.444 e. The molecule has 5 nitrogen and oxygen atoms in total. The maximum absolute atomic E-state index is 12.4. The number of amides is 1. The number of nitrogens with zero attached hydrogens (tertiary/aromatic N) is 1. The van der Waals surface area contributed by atoms with Gasteiger partial charge in [-0.2, -0.15) is 0 Å². The summed E-state index contributed by atoms with van der Waals surface area (Å²) in [7, 11) is 0. The van der Waals surface area contributed by atoms with E-state index in [2.05, 4.69) is 22.5 Å². The molecule has 22 heavy (non-hydrogen) atoms. The highest BCUT2D eigenvalue weighted by Crippen LogP contribution is 2.23. The van der Waals surface area contributed by atoms with Crippen LogP contribution in [0.2, 0.25) is 0 Å². The molecule has 2 atom stereocenters. The van der Waals surface area contributed by atoms with Gasteiger partial charge in [0.1, 0.15) is 6.26 Å². The second-order valence-corrected chi connectivity index (χ2v) is 5.94. The van der Waals surface area contributed by atoms with Crippen LogP contribution in [0.4, 0.5) is 5.69 Å². The maximum atomic E-state index is 12.4. The van der Waals surface area contributed by atoms with E-state index in [1.54, 1.807) is 6.26 Å². The summed E-state index contributed by atoms with van der Waals surface area (Å²) in [6, 6.07) is 8.00. The number of aromatic nitrogens is 1. The largest absolute Gasteiger partial charge is 0.444 e. The third-order valence-electron chi connectivity index (χ3n) is 3.99. The third-order valence-corrected chi connectivity index (χ3v) is 3.99. The summed E-state index contributed by atoms with van der Waals surface area (Å²) in [6.45, 7) is 4.90. The predicted octanol–water partition coefficient (Wildman–Crippen LogP) is 2.98. The van der Waals surface area contributed by atoms with Crippen LogP contribution < -0.4 is 10.6 Å². The van der Waals surface area contributed by atoms with Gasteiger partial charge in [-0.3, -0.25) is 4.79 Å². The van der Waals surface area contributed by atoms with Crippen LogP contribution in [0.25, 0.3) is 11.5 Å². The number of anilines is 1. The molecule has 2 heterocycles. The molecule has 1 aliphatic heterocycles. The van der Waals surface area contributed by atoms with Crippen LogP contribution in [-0.4, -0.2) is 23.5 Å². The first-order chi connectivity index (χ1) is 10.6. The van der Waals surface area contributed by atoms with Crippen LogP contribution >= 0.6 is 0 Å². The van der Waals surface area contributed by atoms with Gasteiger partial charge in [0.25, 0.3) is 0 Å². The highest BCUT2D eigenvalue weighted by molar-refractivity contribution is 5.93. The average Bonchev–Trinajstić information content (AvgIpc) is 2.94. The molecule has 0 radical (unpaired) electrons. The van der Waals surface area contributed by atoms with E-state index in [-0.39, 0.29) is 11.8 Å². The van der Waals surface area contributed by atoms with Crippen molar-refractivity contribution in [3.05, 3.63) is 36.2 Å². The molecule has 116 valence electrons. The van der Waals surface area contributed by atoms with Crippen molar-refractivity contribution >= 4 is 11.6 Å². The molecule has 2 aromatic rings. The first-order valence-electron chi connectivity index (χ1n) is 7.68. The van der Waals surface area contributed by atoms with E-state index in [4.69, 9.17) is 4.42 Å². The van der Waals surface area contributed by atoms with Crippen molar-refractivity contribution in [2.45, 2.75) is 32.7 Å². The van der Waals surface area contributed by atoms with Crippen LogP contribution in [0.3, 0.4) is 0 Å². The first kappa shape index (κ1) is 14.8. The second kappa shape index (κ2) is 6.32. The van der Waals surface area contributed by atoms with Crippen molar-refractivity contribution in [2.75, 3.05) is 11.9 Å². The summed E-state index contributed by atoms with van der Waals surface area (Å²) in [5.74, 6) is 0.738. The van der Waals surface area contributed by atoms with Crippen molar-refractivity contribution < 1.29 is 9.21 Å². The maximum Gasteiger partial charge on any atom is 0.227 e. The standard InChI is InChI=1S/C17H21N3O2/c1-11-8-13(6-7-18-11)16(21)20-15-5-3-4-14(9-15)17-19-12(2)10-22-17/h3-5,9-11,13,18H,6-8H2,1-2H3,(H,20,21)/t11-,13-/m0/s1. The Kier molecular flexibility index (Phi) is 4.24. The van der Waals surface area contributed by atoms with Crippen molar-refractivity contribution in [3.8, 4) is 11.5 Å². The lowest BCUT2D eigenvalue weighted by Gasteiger charge is -2.27. The molecule has 3 rings (SSSR count). The first-order valence-corrected chi connectivity index (χ1v) is 7.68. The van der Waals surface area contributed by atoms with E-state index >= 15 is 0 Å². The normalized spacial score (nSPS) is 21.5. The van der Waals surface area contributed by atoms with E-state index in [1.165, 1.54) is 0 Å². The Morgan fingerprint density at radius 1 is 1.45 bits per heavy atom. The molecule has 1 aromatic carbocycles. The summed E-state index contributed by atoms with van der Waals surface area (Å²) in [6.07, 6.45) is 3.39. The van der Waals surface area contributed by atoms with Gasteiger partial charge in [-0.25, -0.2) is 4.98 Å². The zero-order chi connectivity index (χ0) is 15.5. The Labute approximate surface area is 130 Å².